The van der Waals surface area contributed by atoms with E-state index in [9.17, 15) is 4.39 Å². The lowest BCUT2D eigenvalue weighted by Gasteiger charge is -2.10. The van der Waals surface area contributed by atoms with Crippen molar-refractivity contribution in [2.24, 2.45) is 4.99 Å². The monoisotopic (exact) mass is 473 g/mol. The highest BCUT2D eigenvalue weighted by molar-refractivity contribution is 14.0. The van der Waals surface area contributed by atoms with Crippen LogP contribution in [0.2, 0.25) is 0 Å². The summed E-state index contributed by atoms with van der Waals surface area (Å²) in [6, 6.07) is 5.21. The van der Waals surface area contributed by atoms with Crippen molar-refractivity contribution in [2.75, 3.05) is 6.54 Å². The number of fused-ring (bicyclic) bond motifs is 1. The molecule has 0 aliphatic heterocycles. The van der Waals surface area contributed by atoms with Crippen molar-refractivity contribution in [2.45, 2.75) is 26.9 Å². The van der Waals surface area contributed by atoms with Gasteiger partial charge >= 0.3 is 0 Å². The third-order valence-corrected chi connectivity index (χ3v) is 4.35. The summed E-state index contributed by atoms with van der Waals surface area (Å²) < 4.78 is 15.6. The highest BCUT2D eigenvalue weighted by Crippen LogP contribution is 2.11. The standard InChI is InChI=1S/C17H20FN5S.HI/c1-3-19-16(20-9-13-5-4-12(2)15(18)8-13)21-10-14-11-23-6-7-24-17(23)22-14;/h4-8,11H,3,9-10H2,1-2H3,(H2,19,20,21);1H. The molecule has 1 aromatic carbocycles. The second-order valence-electron chi connectivity index (χ2n) is 5.46. The highest BCUT2D eigenvalue weighted by Gasteiger charge is 2.04. The van der Waals surface area contributed by atoms with Crippen LogP contribution in [0.3, 0.4) is 0 Å². The summed E-state index contributed by atoms with van der Waals surface area (Å²) in [5.41, 5.74) is 2.44. The van der Waals surface area contributed by atoms with Crippen molar-refractivity contribution in [3.05, 3.63) is 58.6 Å². The molecule has 0 aliphatic carbocycles. The molecule has 0 radical (unpaired) electrons. The number of imidazole rings is 1. The van der Waals surface area contributed by atoms with Gasteiger partial charge in [0.15, 0.2) is 10.9 Å². The van der Waals surface area contributed by atoms with Gasteiger partial charge in [-0.3, -0.25) is 4.40 Å². The van der Waals surface area contributed by atoms with Gasteiger partial charge in [0.05, 0.1) is 18.8 Å². The lowest BCUT2D eigenvalue weighted by atomic mass is 10.1. The second kappa shape index (κ2) is 9.14. The van der Waals surface area contributed by atoms with Gasteiger partial charge in [0.1, 0.15) is 5.82 Å². The molecule has 3 aromatic rings. The third-order valence-electron chi connectivity index (χ3n) is 3.58. The van der Waals surface area contributed by atoms with Gasteiger partial charge in [0.25, 0.3) is 0 Å². The number of hydrogen-bond acceptors (Lipinski definition) is 3. The van der Waals surface area contributed by atoms with Crippen LogP contribution in [0.25, 0.3) is 4.96 Å². The van der Waals surface area contributed by atoms with E-state index >= 15 is 0 Å². The number of benzene rings is 1. The van der Waals surface area contributed by atoms with Crippen molar-refractivity contribution >= 4 is 46.2 Å². The number of aliphatic imine (C=N–C) groups is 1. The zero-order chi connectivity index (χ0) is 16.9. The van der Waals surface area contributed by atoms with E-state index in [0.29, 0.717) is 24.6 Å². The van der Waals surface area contributed by atoms with Gasteiger partial charge in [-0.25, -0.2) is 14.4 Å². The molecule has 0 saturated heterocycles. The van der Waals surface area contributed by atoms with Crippen molar-refractivity contribution < 1.29 is 4.39 Å². The lowest BCUT2D eigenvalue weighted by Crippen LogP contribution is -2.36. The predicted octanol–water partition coefficient (Wildman–Crippen LogP) is 3.72. The highest BCUT2D eigenvalue weighted by atomic mass is 127. The van der Waals surface area contributed by atoms with Gasteiger partial charge in [-0.1, -0.05) is 12.1 Å². The fraction of sp³-hybridized carbons (Fsp3) is 0.294. The Labute approximate surface area is 167 Å². The molecule has 5 nitrogen and oxygen atoms in total. The topological polar surface area (TPSA) is 53.7 Å². The van der Waals surface area contributed by atoms with Gasteiger partial charge in [-0.15, -0.1) is 35.3 Å². The molecule has 0 spiro atoms. The smallest absolute Gasteiger partial charge is 0.193 e. The molecule has 0 fully saturated rings. The summed E-state index contributed by atoms with van der Waals surface area (Å²) in [4.78, 5) is 10.0. The Morgan fingerprint density at radius 1 is 1.36 bits per heavy atom. The molecule has 0 atom stereocenters. The molecule has 25 heavy (non-hydrogen) atoms. The minimum Gasteiger partial charge on any atom is -0.357 e. The SMILES string of the molecule is CCNC(=NCc1ccc(C)c(F)c1)NCc1cn2ccsc2n1.I. The molecule has 0 saturated carbocycles. The van der Waals surface area contributed by atoms with Gasteiger partial charge < -0.3 is 10.6 Å². The molecular formula is C17H21FIN5S. The number of nitrogens with zero attached hydrogens (tertiary/aromatic N) is 3. The average molecular weight is 473 g/mol. The van der Waals surface area contributed by atoms with Crippen molar-refractivity contribution in [1.82, 2.24) is 20.0 Å². The Morgan fingerprint density at radius 2 is 2.20 bits per heavy atom. The zero-order valence-corrected chi connectivity index (χ0v) is 17.3. The summed E-state index contributed by atoms with van der Waals surface area (Å²) in [7, 11) is 0. The first-order chi connectivity index (χ1) is 11.7. The van der Waals surface area contributed by atoms with Crippen LogP contribution in [-0.2, 0) is 13.1 Å². The first-order valence-electron chi connectivity index (χ1n) is 7.84. The number of halogens is 2. The summed E-state index contributed by atoms with van der Waals surface area (Å²) in [6.07, 6.45) is 3.99. The second-order valence-corrected chi connectivity index (χ2v) is 6.33. The zero-order valence-electron chi connectivity index (χ0n) is 14.1. The maximum absolute atomic E-state index is 13.6. The molecule has 0 bridgehead atoms. The van der Waals surface area contributed by atoms with E-state index in [-0.39, 0.29) is 29.8 Å². The molecule has 0 amide bonds. The lowest BCUT2D eigenvalue weighted by molar-refractivity contribution is 0.616. The number of guanidine groups is 1. The first kappa shape index (κ1) is 19.6. The van der Waals surface area contributed by atoms with E-state index in [1.165, 1.54) is 6.07 Å². The summed E-state index contributed by atoms with van der Waals surface area (Å²) in [5.74, 6) is 0.494. The van der Waals surface area contributed by atoms with Crippen LogP contribution in [0.15, 0.2) is 41.0 Å². The summed E-state index contributed by atoms with van der Waals surface area (Å²) >= 11 is 1.61. The maximum Gasteiger partial charge on any atom is 0.193 e. The van der Waals surface area contributed by atoms with Crippen LogP contribution in [-0.4, -0.2) is 21.9 Å². The minimum absolute atomic E-state index is 0. The van der Waals surface area contributed by atoms with Gasteiger partial charge in [0.2, 0.25) is 0 Å². The fourth-order valence-electron chi connectivity index (χ4n) is 2.28. The summed E-state index contributed by atoms with van der Waals surface area (Å²) in [6.45, 7) is 5.53. The molecule has 8 heteroatoms. The van der Waals surface area contributed by atoms with Crippen molar-refractivity contribution in [3.63, 3.8) is 0 Å². The molecule has 2 N–H and O–H groups in total. The molecular weight excluding hydrogens is 452 g/mol. The molecule has 2 aromatic heterocycles. The fourth-order valence-corrected chi connectivity index (χ4v) is 3.00. The Bertz CT molecular complexity index is 829. The van der Waals surface area contributed by atoms with Gasteiger partial charge in [-0.05, 0) is 31.0 Å². The van der Waals surface area contributed by atoms with Gasteiger partial charge in [-0.2, -0.15) is 0 Å². The molecule has 134 valence electrons. The quantitative estimate of drug-likeness (QED) is 0.338. The van der Waals surface area contributed by atoms with Crippen LogP contribution in [0, 0.1) is 12.7 Å². The average Bonchev–Trinajstić information content (AvgIpc) is 3.14. The predicted molar refractivity (Wildman–Crippen MR) is 111 cm³/mol. The van der Waals surface area contributed by atoms with Crippen LogP contribution >= 0.6 is 35.3 Å². The number of rotatable bonds is 5. The number of aromatic nitrogens is 2. The number of thiazole rings is 1. The maximum atomic E-state index is 13.6. The Kier molecular flexibility index (Phi) is 7.18. The van der Waals surface area contributed by atoms with E-state index in [4.69, 9.17) is 0 Å². The van der Waals surface area contributed by atoms with Crippen LogP contribution in [0.1, 0.15) is 23.7 Å². The van der Waals surface area contributed by atoms with Crippen molar-refractivity contribution in [1.29, 1.82) is 0 Å². The molecule has 2 heterocycles. The molecule has 0 unspecified atom stereocenters. The van der Waals surface area contributed by atoms with E-state index in [1.54, 1.807) is 24.3 Å². The minimum atomic E-state index is -0.196. The number of hydrogen-bond donors (Lipinski definition) is 2. The van der Waals surface area contributed by atoms with Gasteiger partial charge in [0, 0.05) is 24.3 Å². The molecule has 0 aliphatic rings. The van der Waals surface area contributed by atoms with Crippen molar-refractivity contribution in [3.8, 4) is 0 Å². The first-order valence-corrected chi connectivity index (χ1v) is 8.72. The Balaban J connectivity index is 0.00000225. The normalized spacial score (nSPS) is 11.4. The number of aryl methyl sites for hydroxylation is 1. The van der Waals surface area contributed by atoms with Crippen LogP contribution < -0.4 is 10.6 Å². The van der Waals surface area contributed by atoms with E-state index < -0.39 is 0 Å². The third kappa shape index (κ3) is 5.15. The molecule has 3 rings (SSSR count). The van der Waals surface area contributed by atoms with Crippen LogP contribution in [0.5, 0.6) is 0 Å². The van der Waals surface area contributed by atoms with Crippen LogP contribution in [0.4, 0.5) is 4.39 Å². The Morgan fingerprint density at radius 3 is 2.92 bits per heavy atom. The Hall–Kier alpha value is -1.68. The number of nitrogens with one attached hydrogen (secondary N) is 2. The van der Waals surface area contributed by atoms with E-state index in [1.807, 2.05) is 35.2 Å². The van der Waals surface area contributed by atoms with E-state index in [2.05, 4.69) is 20.6 Å². The van der Waals surface area contributed by atoms with E-state index in [0.717, 1.165) is 22.8 Å². The largest absolute Gasteiger partial charge is 0.357 e. The summed E-state index contributed by atoms with van der Waals surface area (Å²) in [5, 5.41) is 8.45.